The van der Waals surface area contributed by atoms with Crippen LogP contribution in [0.25, 0.3) is 0 Å². The highest BCUT2D eigenvalue weighted by Gasteiger charge is 2.12. The zero-order chi connectivity index (χ0) is 11.1. The Kier molecular flexibility index (Phi) is 5.67. The molecule has 0 saturated heterocycles. The summed E-state index contributed by atoms with van der Waals surface area (Å²) in [7, 11) is 3.17. The maximum Gasteiger partial charge on any atom is 0.409 e. The molecule has 0 radical (unpaired) electrons. The van der Waals surface area contributed by atoms with Crippen molar-refractivity contribution in [1.29, 1.82) is 0 Å². The topological polar surface area (TPSA) is 58.6 Å². The number of nitrogens with one attached hydrogen (secondary N) is 1. The lowest BCUT2D eigenvalue weighted by Crippen LogP contribution is -2.33. The van der Waals surface area contributed by atoms with Crippen molar-refractivity contribution in [3.63, 3.8) is 0 Å². The Labute approximate surface area is 84.4 Å². The molecule has 0 rings (SSSR count). The summed E-state index contributed by atoms with van der Waals surface area (Å²) in [6, 6.07) is 0. The van der Waals surface area contributed by atoms with Gasteiger partial charge in [0.1, 0.15) is 0 Å². The molecule has 0 aromatic rings. The van der Waals surface area contributed by atoms with Gasteiger partial charge in [-0.25, -0.2) is 4.79 Å². The lowest BCUT2D eigenvalue weighted by molar-refractivity contribution is -0.120. The van der Waals surface area contributed by atoms with E-state index in [1.165, 1.54) is 4.90 Å². The van der Waals surface area contributed by atoms with E-state index in [9.17, 15) is 9.59 Å². The molecule has 0 atom stereocenters. The van der Waals surface area contributed by atoms with Crippen molar-refractivity contribution in [2.75, 3.05) is 20.6 Å². The molecule has 0 bridgehead atoms. The predicted octanol–water partition coefficient (Wildman–Crippen LogP) is 0.599. The molecule has 0 heterocycles. The molecule has 14 heavy (non-hydrogen) atoms. The van der Waals surface area contributed by atoms with Crippen LogP contribution < -0.4 is 5.32 Å². The van der Waals surface area contributed by atoms with E-state index in [1.54, 1.807) is 27.9 Å². The quantitative estimate of drug-likeness (QED) is 0.726. The van der Waals surface area contributed by atoms with Crippen LogP contribution in [0.5, 0.6) is 0 Å². The average molecular weight is 202 g/mol. The lowest BCUT2D eigenvalue weighted by Gasteiger charge is -2.17. The van der Waals surface area contributed by atoms with E-state index >= 15 is 0 Å². The summed E-state index contributed by atoms with van der Waals surface area (Å²) in [5.41, 5.74) is 0. The van der Waals surface area contributed by atoms with E-state index in [0.717, 1.165) is 0 Å². The Hall–Kier alpha value is -1.26. The van der Waals surface area contributed by atoms with Gasteiger partial charge in [-0.1, -0.05) is 0 Å². The Morgan fingerprint density at radius 2 is 2.00 bits per heavy atom. The minimum atomic E-state index is -0.399. The fourth-order valence-corrected chi connectivity index (χ4v) is 0.777. The molecule has 5 heteroatoms. The fraction of sp³-hybridized carbons (Fsp3) is 0.778. The van der Waals surface area contributed by atoms with Crippen molar-refractivity contribution in [2.24, 2.45) is 0 Å². The molecule has 0 saturated carbocycles. The van der Waals surface area contributed by atoms with E-state index < -0.39 is 6.09 Å². The van der Waals surface area contributed by atoms with Gasteiger partial charge < -0.3 is 15.0 Å². The van der Waals surface area contributed by atoms with Crippen LogP contribution in [-0.2, 0) is 9.53 Å². The third-order valence-corrected chi connectivity index (χ3v) is 1.60. The smallest absolute Gasteiger partial charge is 0.409 e. The standard InChI is InChI=1S/C9H18N2O3/c1-7(2)14-9(13)11(4)6-5-8(12)10-3/h7H,5-6H2,1-4H3,(H,10,12). The molecule has 0 aliphatic rings. The molecular formula is C9H18N2O3. The van der Waals surface area contributed by atoms with Crippen molar-refractivity contribution in [3.05, 3.63) is 0 Å². The molecule has 0 fully saturated rings. The van der Waals surface area contributed by atoms with Crippen LogP contribution in [0.4, 0.5) is 4.79 Å². The molecule has 2 amide bonds. The highest BCUT2D eigenvalue weighted by Crippen LogP contribution is 1.96. The molecule has 0 aromatic heterocycles. The van der Waals surface area contributed by atoms with Crippen LogP contribution in [0.15, 0.2) is 0 Å². The number of nitrogens with zero attached hydrogens (tertiary/aromatic N) is 1. The molecular weight excluding hydrogens is 184 g/mol. The van der Waals surface area contributed by atoms with Gasteiger partial charge in [0, 0.05) is 27.1 Å². The van der Waals surface area contributed by atoms with Crippen molar-refractivity contribution in [2.45, 2.75) is 26.4 Å². The van der Waals surface area contributed by atoms with Crippen molar-refractivity contribution >= 4 is 12.0 Å². The first-order valence-corrected chi connectivity index (χ1v) is 4.59. The van der Waals surface area contributed by atoms with E-state index in [4.69, 9.17) is 4.74 Å². The number of rotatable bonds is 4. The minimum absolute atomic E-state index is 0.0887. The van der Waals surface area contributed by atoms with Gasteiger partial charge in [0.05, 0.1) is 6.10 Å². The maximum absolute atomic E-state index is 11.2. The Bertz CT molecular complexity index is 204. The van der Waals surface area contributed by atoms with E-state index in [1.807, 2.05) is 0 Å². The third-order valence-electron chi connectivity index (χ3n) is 1.60. The van der Waals surface area contributed by atoms with Gasteiger partial charge >= 0.3 is 6.09 Å². The van der Waals surface area contributed by atoms with Crippen LogP contribution in [0.1, 0.15) is 20.3 Å². The van der Waals surface area contributed by atoms with Crippen LogP contribution in [0.2, 0.25) is 0 Å². The summed E-state index contributed by atoms with van der Waals surface area (Å²) in [4.78, 5) is 23.5. The van der Waals surface area contributed by atoms with Crippen molar-refractivity contribution in [3.8, 4) is 0 Å². The van der Waals surface area contributed by atoms with Crippen molar-refractivity contribution < 1.29 is 14.3 Å². The monoisotopic (exact) mass is 202 g/mol. The first-order valence-electron chi connectivity index (χ1n) is 4.59. The highest BCUT2D eigenvalue weighted by atomic mass is 16.6. The molecule has 0 unspecified atom stereocenters. The predicted molar refractivity (Wildman–Crippen MR) is 52.9 cm³/mol. The summed E-state index contributed by atoms with van der Waals surface area (Å²) >= 11 is 0. The second-order valence-electron chi connectivity index (χ2n) is 3.28. The van der Waals surface area contributed by atoms with Crippen molar-refractivity contribution in [1.82, 2.24) is 10.2 Å². The second-order valence-corrected chi connectivity index (χ2v) is 3.28. The largest absolute Gasteiger partial charge is 0.447 e. The molecule has 0 aliphatic carbocycles. The molecule has 0 spiro atoms. The summed E-state index contributed by atoms with van der Waals surface area (Å²) in [5.74, 6) is -0.0887. The number of ether oxygens (including phenoxy) is 1. The Morgan fingerprint density at radius 1 is 1.43 bits per heavy atom. The molecule has 0 aliphatic heterocycles. The fourth-order valence-electron chi connectivity index (χ4n) is 0.777. The first-order chi connectivity index (χ1) is 6.47. The lowest BCUT2D eigenvalue weighted by atomic mass is 10.4. The summed E-state index contributed by atoms with van der Waals surface area (Å²) in [6.07, 6.45) is -0.242. The van der Waals surface area contributed by atoms with E-state index in [-0.39, 0.29) is 12.0 Å². The third kappa shape index (κ3) is 5.40. The zero-order valence-corrected chi connectivity index (χ0v) is 9.16. The van der Waals surface area contributed by atoms with Crippen LogP contribution in [0.3, 0.4) is 0 Å². The average Bonchev–Trinajstić information content (AvgIpc) is 2.12. The summed E-state index contributed by atoms with van der Waals surface area (Å²) < 4.78 is 4.93. The Balaban J connectivity index is 3.78. The zero-order valence-electron chi connectivity index (χ0n) is 9.16. The van der Waals surface area contributed by atoms with E-state index in [2.05, 4.69) is 5.32 Å². The minimum Gasteiger partial charge on any atom is -0.447 e. The van der Waals surface area contributed by atoms with Gasteiger partial charge in [0.25, 0.3) is 0 Å². The molecule has 0 aromatic carbocycles. The molecule has 5 nitrogen and oxygen atoms in total. The summed E-state index contributed by atoms with van der Waals surface area (Å²) in [5, 5.41) is 2.48. The van der Waals surface area contributed by atoms with Gasteiger partial charge in [-0.2, -0.15) is 0 Å². The number of hydrogen-bond acceptors (Lipinski definition) is 3. The van der Waals surface area contributed by atoms with Gasteiger partial charge in [0.2, 0.25) is 5.91 Å². The number of amides is 2. The maximum atomic E-state index is 11.2. The van der Waals surface area contributed by atoms with Gasteiger partial charge in [-0.05, 0) is 13.8 Å². The van der Waals surface area contributed by atoms with Crippen LogP contribution in [0, 0.1) is 0 Å². The van der Waals surface area contributed by atoms with Crippen LogP contribution in [-0.4, -0.2) is 43.6 Å². The second kappa shape index (κ2) is 6.23. The normalized spacial score (nSPS) is 9.79. The number of carbonyl (C=O) groups is 2. The van der Waals surface area contributed by atoms with Gasteiger partial charge in [-0.15, -0.1) is 0 Å². The number of hydrogen-bond donors (Lipinski definition) is 1. The van der Waals surface area contributed by atoms with E-state index in [0.29, 0.717) is 13.0 Å². The number of carbonyl (C=O) groups excluding carboxylic acids is 2. The SMILES string of the molecule is CNC(=O)CCN(C)C(=O)OC(C)C. The molecule has 1 N–H and O–H groups in total. The van der Waals surface area contributed by atoms with Gasteiger partial charge in [-0.3, -0.25) is 4.79 Å². The van der Waals surface area contributed by atoms with Crippen LogP contribution >= 0.6 is 0 Å². The van der Waals surface area contributed by atoms with Gasteiger partial charge in [0.15, 0.2) is 0 Å². The highest BCUT2D eigenvalue weighted by molar-refractivity contribution is 5.76. The molecule has 82 valence electrons. The Morgan fingerprint density at radius 3 is 2.43 bits per heavy atom. The summed E-state index contributed by atoms with van der Waals surface area (Å²) in [6.45, 7) is 3.93. The first kappa shape index (κ1) is 12.7.